The number of ether oxygens (including phenoxy) is 2. The summed E-state index contributed by atoms with van der Waals surface area (Å²) in [7, 11) is 3.14. The Morgan fingerprint density at radius 3 is 2.62 bits per heavy atom. The van der Waals surface area contributed by atoms with Crippen molar-refractivity contribution in [1.29, 1.82) is 0 Å². The van der Waals surface area contributed by atoms with Crippen molar-refractivity contribution in [3.8, 4) is 17.3 Å². The Kier molecular flexibility index (Phi) is 3.61. The van der Waals surface area contributed by atoms with Crippen molar-refractivity contribution in [3.63, 3.8) is 0 Å². The second kappa shape index (κ2) is 5.42. The van der Waals surface area contributed by atoms with Crippen LogP contribution in [0.2, 0.25) is 10.2 Å². The topological polar surface area (TPSA) is 49.2 Å². The van der Waals surface area contributed by atoms with Crippen molar-refractivity contribution in [2.75, 3.05) is 14.2 Å². The van der Waals surface area contributed by atoms with Gasteiger partial charge in [-0.15, -0.1) is 5.10 Å². The van der Waals surface area contributed by atoms with E-state index in [-0.39, 0.29) is 0 Å². The first-order valence-corrected chi connectivity index (χ1v) is 6.82. The molecule has 0 spiro atoms. The Balaban J connectivity index is 2.34. The van der Waals surface area contributed by atoms with Crippen LogP contribution < -0.4 is 9.47 Å². The maximum atomic E-state index is 6.08. The van der Waals surface area contributed by atoms with Crippen molar-refractivity contribution in [1.82, 2.24) is 14.8 Å². The zero-order valence-electron chi connectivity index (χ0n) is 11.3. The maximum Gasteiger partial charge on any atom is 0.242 e. The second-order valence-corrected chi connectivity index (χ2v) is 5.09. The van der Waals surface area contributed by atoms with Gasteiger partial charge in [0.2, 0.25) is 5.88 Å². The summed E-state index contributed by atoms with van der Waals surface area (Å²) in [5.41, 5.74) is 1.45. The number of pyridine rings is 1. The Labute approximate surface area is 131 Å². The van der Waals surface area contributed by atoms with Gasteiger partial charge in [-0.2, -0.15) is 0 Å². The first-order valence-electron chi connectivity index (χ1n) is 6.06. The highest BCUT2D eigenvalue weighted by Gasteiger charge is 2.16. The molecule has 3 aromatic rings. The van der Waals surface area contributed by atoms with E-state index in [0.717, 1.165) is 10.9 Å². The number of fused-ring (bicyclic) bond motifs is 1. The third kappa shape index (κ3) is 2.39. The fourth-order valence-electron chi connectivity index (χ4n) is 2.12. The summed E-state index contributed by atoms with van der Waals surface area (Å²) in [4.78, 5) is 4.06. The molecule has 0 amide bonds. The van der Waals surface area contributed by atoms with Gasteiger partial charge in [-0.25, -0.2) is 9.67 Å². The number of rotatable bonds is 3. The lowest BCUT2D eigenvalue weighted by Gasteiger charge is -2.09. The van der Waals surface area contributed by atoms with E-state index in [1.807, 2.05) is 0 Å². The third-order valence-electron chi connectivity index (χ3n) is 3.06. The van der Waals surface area contributed by atoms with Crippen molar-refractivity contribution < 1.29 is 9.47 Å². The smallest absolute Gasteiger partial charge is 0.242 e. The third-order valence-corrected chi connectivity index (χ3v) is 3.50. The van der Waals surface area contributed by atoms with Crippen LogP contribution in [0.4, 0.5) is 0 Å². The van der Waals surface area contributed by atoms with Crippen LogP contribution in [0.1, 0.15) is 0 Å². The molecule has 2 aromatic heterocycles. The highest BCUT2D eigenvalue weighted by Crippen LogP contribution is 2.33. The van der Waals surface area contributed by atoms with Gasteiger partial charge in [0.25, 0.3) is 0 Å². The van der Waals surface area contributed by atoms with E-state index in [1.54, 1.807) is 49.4 Å². The first kappa shape index (κ1) is 14.0. The minimum atomic E-state index is 0.368. The van der Waals surface area contributed by atoms with Crippen molar-refractivity contribution >= 4 is 34.1 Å². The molecule has 0 atom stereocenters. The molecule has 7 heteroatoms. The summed E-state index contributed by atoms with van der Waals surface area (Å²) in [6.45, 7) is 0. The van der Waals surface area contributed by atoms with Crippen LogP contribution in [-0.4, -0.2) is 29.0 Å². The zero-order chi connectivity index (χ0) is 15.0. The predicted molar refractivity (Wildman–Crippen MR) is 82.0 cm³/mol. The van der Waals surface area contributed by atoms with E-state index in [1.165, 1.54) is 0 Å². The summed E-state index contributed by atoms with van der Waals surface area (Å²) in [5, 5.41) is 6.12. The van der Waals surface area contributed by atoms with Gasteiger partial charge in [0.1, 0.15) is 16.6 Å². The number of benzene rings is 1. The molecule has 0 N–H and O–H groups in total. The molecule has 0 bridgehead atoms. The molecule has 0 aliphatic carbocycles. The van der Waals surface area contributed by atoms with E-state index < -0.39 is 0 Å². The summed E-state index contributed by atoms with van der Waals surface area (Å²) >= 11 is 12.1. The summed E-state index contributed by atoms with van der Waals surface area (Å²) in [6, 6.07) is 7.01. The van der Waals surface area contributed by atoms with Crippen LogP contribution in [0, 0.1) is 0 Å². The number of aromatic nitrogens is 3. The summed E-state index contributed by atoms with van der Waals surface area (Å²) < 4.78 is 12.3. The molecular formula is C14H11Cl2N3O2. The number of hydrogen-bond acceptors (Lipinski definition) is 4. The first-order chi connectivity index (χ1) is 10.1. The normalized spacial score (nSPS) is 10.9. The SMILES string of the molecule is COc1ccc(Cl)cc1-n1nc(OC)c2cnc(Cl)cc21. The molecule has 0 saturated carbocycles. The molecule has 5 nitrogen and oxygen atoms in total. The van der Waals surface area contributed by atoms with Crippen molar-refractivity contribution in [2.24, 2.45) is 0 Å². The Morgan fingerprint density at radius 1 is 1.10 bits per heavy atom. The maximum absolute atomic E-state index is 6.08. The quantitative estimate of drug-likeness (QED) is 0.689. The lowest BCUT2D eigenvalue weighted by molar-refractivity contribution is 0.395. The molecule has 21 heavy (non-hydrogen) atoms. The van der Waals surface area contributed by atoms with Crippen LogP contribution in [0.15, 0.2) is 30.5 Å². The van der Waals surface area contributed by atoms with Crippen molar-refractivity contribution in [3.05, 3.63) is 40.6 Å². The van der Waals surface area contributed by atoms with Gasteiger partial charge >= 0.3 is 0 Å². The highest BCUT2D eigenvalue weighted by molar-refractivity contribution is 6.31. The Bertz CT molecular complexity index is 817. The van der Waals surface area contributed by atoms with Gasteiger partial charge in [-0.3, -0.25) is 0 Å². The van der Waals surface area contributed by atoms with Gasteiger partial charge in [0.05, 0.1) is 25.1 Å². The van der Waals surface area contributed by atoms with Gasteiger partial charge in [-0.05, 0) is 18.2 Å². The number of halogens is 2. The molecule has 0 aliphatic rings. The van der Waals surface area contributed by atoms with Gasteiger partial charge in [0, 0.05) is 17.3 Å². The number of nitrogens with zero attached hydrogens (tertiary/aromatic N) is 3. The molecule has 0 radical (unpaired) electrons. The van der Waals surface area contributed by atoms with Crippen LogP contribution in [-0.2, 0) is 0 Å². The number of hydrogen-bond donors (Lipinski definition) is 0. The fraction of sp³-hybridized carbons (Fsp3) is 0.143. The molecule has 0 fully saturated rings. The second-order valence-electron chi connectivity index (χ2n) is 4.26. The average Bonchev–Trinajstić information content (AvgIpc) is 2.84. The lowest BCUT2D eigenvalue weighted by atomic mass is 10.2. The fourth-order valence-corrected chi connectivity index (χ4v) is 2.44. The highest BCUT2D eigenvalue weighted by atomic mass is 35.5. The van der Waals surface area contributed by atoms with Crippen LogP contribution >= 0.6 is 23.2 Å². The molecule has 108 valence electrons. The lowest BCUT2D eigenvalue weighted by Crippen LogP contribution is -2.00. The van der Waals surface area contributed by atoms with Crippen LogP contribution in [0.5, 0.6) is 11.6 Å². The minimum absolute atomic E-state index is 0.368. The molecular weight excluding hydrogens is 313 g/mol. The largest absolute Gasteiger partial charge is 0.494 e. The molecule has 0 saturated heterocycles. The van der Waals surface area contributed by atoms with Gasteiger partial charge < -0.3 is 9.47 Å². The monoisotopic (exact) mass is 323 g/mol. The van der Waals surface area contributed by atoms with Crippen LogP contribution in [0.3, 0.4) is 0 Å². The standard InChI is InChI=1S/C14H11Cl2N3O2/c1-20-12-4-3-8(15)5-11(12)19-10-6-13(16)17-7-9(10)14(18-19)21-2/h3-7H,1-2H3. The van der Waals surface area contributed by atoms with Gasteiger partial charge in [-0.1, -0.05) is 23.2 Å². The summed E-state index contributed by atoms with van der Waals surface area (Å²) in [6.07, 6.45) is 1.62. The van der Waals surface area contributed by atoms with Gasteiger partial charge in [0.15, 0.2) is 0 Å². The molecule has 1 aromatic carbocycles. The molecule has 3 rings (SSSR count). The van der Waals surface area contributed by atoms with E-state index in [0.29, 0.717) is 27.5 Å². The molecule has 0 aliphatic heterocycles. The summed E-state index contributed by atoms with van der Waals surface area (Å²) in [5.74, 6) is 1.09. The average molecular weight is 324 g/mol. The van der Waals surface area contributed by atoms with Crippen LogP contribution in [0.25, 0.3) is 16.6 Å². The van der Waals surface area contributed by atoms with E-state index in [4.69, 9.17) is 32.7 Å². The molecule has 2 heterocycles. The van der Waals surface area contributed by atoms with E-state index in [9.17, 15) is 0 Å². The minimum Gasteiger partial charge on any atom is -0.494 e. The van der Waals surface area contributed by atoms with E-state index in [2.05, 4.69) is 10.1 Å². The van der Waals surface area contributed by atoms with E-state index >= 15 is 0 Å². The van der Waals surface area contributed by atoms with Crippen molar-refractivity contribution in [2.45, 2.75) is 0 Å². The predicted octanol–water partition coefficient (Wildman–Crippen LogP) is 3.74. The number of methoxy groups -OCH3 is 2. The Morgan fingerprint density at radius 2 is 1.90 bits per heavy atom. The zero-order valence-corrected chi connectivity index (χ0v) is 12.8. The Hall–Kier alpha value is -1.98. The molecule has 0 unspecified atom stereocenters.